The van der Waals surface area contributed by atoms with Crippen molar-refractivity contribution >= 4 is 23.7 Å². The van der Waals surface area contributed by atoms with E-state index in [-0.39, 0.29) is 19.1 Å². The lowest BCUT2D eigenvalue weighted by atomic mass is 10.2. The largest absolute Gasteiger partial charge is 0.482 e. The third kappa shape index (κ3) is 3.33. The fourth-order valence-corrected chi connectivity index (χ4v) is 3.03. The number of amides is 2. The van der Waals surface area contributed by atoms with E-state index in [2.05, 4.69) is 17.5 Å². The van der Waals surface area contributed by atoms with E-state index in [0.717, 1.165) is 12.2 Å². The maximum Gasteiger partial charge on any atom is 0.265 e. The Hall–Kier alpha value is -3.09. The van der Waals surface area contributed by atoms with Crippen molar-refractivity contribution in [2.45, 2.75) is 19.3 Å². The highest BCUT2D eigenvalue weighted by Crippen LogP contribution is 2.47. The van der Waals surface area contributed by atoms with Crippen molar-refractivity contribution in [2.75, 3.05) is 18.1 Å². The molecule has 2 heterocycles. The normalized spacial score (nSPS) is 21.4. The van der Waals surface area contributed by atoms with Gasteiger partial charge in [0.05, 0.1) is 11.9 Å². The van der Waals surface area contributed by atoms with Crippen LogP contribution in [-0.2, 0) is 9.59 Å². The summed E-state index contributed by atoms with van der Waals surface area (Å²) < 4.78 is 11.0. The molecular formula is C19H19N3O4. The first kappa shape index (κ1) is 16.4. The van der Waals surface area contributed by atoms with Crippen molar-refractivity contribution in [2.24, 2.45) is 11.0 Å². The average molecular weight is 353 g/mol. The molecule has 0 spiro atoms. The van der Waals surface area contributed by atoms with Gasteiger partial charge in [-0.25, -0.2) is 5.43 Å². The van der Waals surface area contributed by atoms with Gasteiger partial charge in [-0.2, -0.15) is 5.10 Å². The highest BCUT2D eigenvalue weighted by Gasteiger charge is 2.36. The van der Waals surface area contributed by atoms with Crippen LogP contribution in [0.2, 0.25) is 0 Å². The van der Waals surface area contributed by atoms with Crippen LogP contribution in [0.5, 0.6) is 5.75 Å². The molecule has 1 aliphatic carbocycles. The number of nitrogens with one attached hydrogen (secondary N) is 1. The van der Waals surface area contributed by atoms with Crippen LogP contribution < -0.4 is 15.1 Å². The summed E-state index contributed by atoms with van der Waals surface area (Å²) >= 11 is 0. The highest BCUT2D eigenvalue weighted by atomic mass is 16.5. The van der Waals surface area contributed by atoms with E-state index in [0.29, 0.717) is 29.0 Å². The van der Waals surface area contributed by atoms with Crippen molar-refractivity contribution < 1.29 is 18.7 Å². The van der Waals surface area contributed by atoms with Crippen LogP contribution in [0.3, 0.4) is 0 Å². The number of rotatable bonds is 5. The van der Waals surface area contributed by atoms with Gasteiger partial charge in [-0.3, -0.25) is 14.5 Å². The van der Waals surface area contributed by atoms with E-state index in [1.807, 2.05) is 18.2 Å². The first-order chi connectivity index (χ1) is 12.6. The summed E-state index contributed by atoms with van der Waals surface area (Å²) in [5.74, 6) is 2.64. The standard InChI is InChI=1S/C19H19N3O4/c1-12-8-14(12)16-7-6-13(26-16)9-20-21-18(23)10-22-15-4-2-3-5-17(15)25-11-19(22)24/h2-7,9,12,14H,8,10-11H2,1H3,(H,21,23)/b20-9-/t12-,14+/m1/s1. The van der Waals surface area contributed by atoms with Crippen LogP contribution in [0.1, 0.15) is 30.8 Å². The Balaban J connectivity index is 1.35. The quantitative estimate of drug-likeness (QED) is 0.660. The Morgan fingerprint density at radius 3 is 2.96 bits per heavy atom. The Kier molecular flexibility index (Phi) is 4.20. The summed E-state index contributed by atoms with van der Waals surface area (Å²) in [7, 11) is 0. The molecule has 7 heteroatoms. The first-order valence-corrected chi connectivity index (χ1v) is 8.55. The second-order valence-electron chi connectivity index (χ2n) is 6.59. The number of carbonyl (C=O) groups excluding carboxylic acids is 2. The van der Waals surface area contributed by atoms with Gasteiger partial charge in [0, 0.05) is 5.92 Å². The Morgan fingerprint density at radius 1 is 1.35 bits per heavy atom. The fraction of sp³-hybridized carbons (Fsp3) is 0.316. The summed E-state index contributed by atoms with van der Waals surface area (Å²) in [5, 5.41) is 3.91. The average Bonchev–Trinajstić information content (AvgIpc) is 3.18. The summed E-state index contributed by atoms with van der Waals surface area (Å²) in [4.78, 5) is 25.6. The fourth-order valence-electron chi connectivity index (χ4n) is 3.03. The monoisotopic (exact) mass is 353 g/mol. The molecule has 1 fully saturated rings. The predicted octanol–water partition coefficient (Wildman–Crippen LogP) is 2.28. The molecule has 7 nitrogen and oxygen atoms in total. The second-order valence-corrected chi connectivity index (χ2v) is 6.59. The SMILES string of the molecule is C[C@@H]1C[C@@H]1c1ccc(/C=N\NC(=O)CN2C(=O)COc3ccccc32)o1. The number of hydrazone groups is 1. The van der Waals surface area contributed by atoms with E-state index in [4.69, 9.17) is 9.15 Å². The molecule has 2 amide bonds. The van der Waals surface area contributed by atoms with E-state index < -0.39 is 5.91 Å². The number of anilines is 1. The van der Waals surface area contributed by atoms with Crippen molar-refractivity contribution in [3.63, 3.8) is 0 Å². The molecule has 1 aliphatic heterocycles. The molecule has 2 aromatic rings. The van der Waals surface area contributed by atoms with Gasteiger partial charge in [-0.15, -0.1) is 0 Å². The van der Waals surface area contributed by atoms with Gasteiger partial charge in [0.1, 0.15) is 23.8 Å². The zero-order valence-corrected chi connectivity index (χ0v) is 14.3. The molecule has 0 bridgehead atoms. The molecule has 1 aromatic heterocycles. The number of benzene rings is 1. The van der Waals surface area contributed by atoms with Crippen LogP contribution in [0.25, 0.3) is 0 Å². The molecule has 2 atom stereocenters. The van der Waals surface area contributed by atoms with Crippen molar-refractivity contribution in [3.8, 4) is 5.75 Å². The summed E-state index contributed by atoms with van der Waals surface area (Å²) in [5.41, 5.74) is 3.01. The van der Waals surface area contributed by atoms with Gasteiger partial charge in [0.25, 0.3) is 11.8 Å². The van der Waals surface area contributed by atoms with Crippen LogP contribution in [0.4, 0.5) is 5.69 Å². The molecule has 1 saturated carbocycles. The molecular weight excluding hydrogens is 334 g/mol. The zero-order valence-electron chi connectivity index (χ0n) is 14.3. The van der Waals surface area contributed by atoms with E-state index >= 15 is 0 Å². The maximum absolute atomic E-state index is 12.1. The number of hydrogen-bond acceptors (Lipinski definition) is 5. The third-order valence-corrected chi connectivity index (χ3v) is 4.61. The number of furan rings is 1. The first-order valence-electron chi connectivity index (χ1n) is 8.55. The van der Waals surface area contributed by atoms with Gasteiger partial charge >= 0.3 is 0 Å². The van der Waals surface area contributed by atoms with Crippen LogP contribution in [0.15, 0.2) is 45.9 Å². The summed E-state index contributed by atoms with van der Waals surface area (Å²) in [6.45, 7) is 1.98. The van der Waals surface area contributed by atoms with E-state index in [1.165, 1.54) is 11.1 Å². The molecule has 0 saturated heterocycles. The molecule has 2 aliphatic rings. The van der Waals surface area contributed by atoms with Crippen molar-refractivity contribution in [1.82, 2.24) is 5.43 Å². The second kappa shape index (κ2) is 6.67. The van der Waals surface area contributed by atoms with Crippen molar-refractivity contribution in [3.05, 3.63) is 47.9 Å². The van der Waals surface area contributed by atoms with Gasteiger partial charge in [-0.1, -0.05) is 19.1 Å². The third-order valence-electron chi connectivity index (χ3n) is 4.61. The Labute approximate surface area is 150 Å². The number of para-hydroxylation sites is 2. The smallest absolute Gasteiger partial charge is 0.265 e. The van der Waals surface area contributed by atoms with Crippen LogP contribution >= 0.6 is 0 Å². The minimum Gasteiger partial charge on any atom is -0.482 e. The minimum atomic E-state index is -0.395. The number of ether oxygens (including phenoxy) is 1. The topological polar surface area (TPSA) is 84.1 Å². The molecule has 4 rings (SSSR count). The predicted molar refractivity (Wildman–Crippen MR) is 95.3 cm³/mol. The molecule has 1 aromatic carbocycles. The van der Waals surface area contributed by atoms with Gasteiger partial charge in [-0.05, 0) is 36.6 Å². The maximum atomic E-state index is 12.1. The van der Waals surface area contributed by atoms with Gasteiger partial charge in [0.15, 0.2) is 6.61 Å². The van der Waals surface area contributed by atoms with Gasteiger partial charge in [0.2, 0.25) is 0 Å². The molecule has 0 radical (unpaired) electrons. The minimum absolute atomic E-state index is 0.0810. The molecule has 26 heavy (non-hydrogen) atoms. The number of fused-ring (bicyclic) bond motifs is 1. The molecule has 134 valence electrons. The lowest BCUT2D eigenvalue weighted by Gasteiger charge is -2.28. The Bertz CT molecular complexity index is 873. The number of nitrogens with zero attached hydrogens (tertiary/aromatic N) is 2. The number of carbonyl (C=O) groups is 2. The van der Waals surface area contributed by atoms with Crippen LogP contribution in [0, 0.1) is 5.92 Å². The molecule has 1 N–H and O–H groups in total. The zero-order chi connectivity index (χ0) is 18.1. The lowest BCUT2D eigenvalue weighted by molar-refractivity contribution is -0.125. The summed E-state index contributed by atoms with van der Waals surface area (Å²) in [6.07, 6.45) is 2.61. The summed E-state index contributed by atoms with van der Waals surface area (Å²) in [6, 6.07) is 10.9. The van der Waals surface area contributed by atoms with E-state index in [9.17, 15) is 9.59 Å². The highest BCUT2D eigenvalue weighted by molar-refractivity contribution is 6.02. The van der Waals surface area contributed by atoms with Gasteiger partial charge < -0.3 is 9.15 Å². The van der Waals surface area contributed by atoms with Crippen LogP contribution in [-0.4, -0.2) is 31.2 Å². The number of hydrogen-bond donors (Lipinski definition) is 1. The van der Waals surface area contributed by atoms with Crippen molar-refractivity contribution in [1.29, 1.82) is 0 Å². The Morgan fingerprint density at radius 2 is 2.15 bits per heavy atom. The molecule has 0 unspecified atom stereocenters. The lowest BCUT2D eigenvalue weighted by Crippen LogP contribution is -2.44. The van der Waals surface area contributed by atoms with E-state index in [1.54, 1.807) is 18.2 Å².